The molecule has 0 atom stereocenters. The van der Waals surface area contributed by atoms with Gasteiger partial charge in [-0.05, 0) is 34.4 Å². The van der Waals surface area contributed by atoms with E-state index in [9.17, 15) is 8.42 Å². The number of hydrogen-bond donors (Lipinski definition) is 0. The van der Waals surface area contributed by atoms with Gasteiger partial charge in [-0.25, -0.2) is 8.42 Å². The molecule has 19 heavy (non-hydrogen) atoms. The zero-order chi connectivity index (χ0) is 13.8. The summed E-state index contributed by atoms with van der Waals surface area (Å²) in [5, 5.41) is 0. The molecule has 0 fully saturated rings. The second-order valence-electron chi connectivity index (χ2n) is 5.32. The van der Waals surface area contributed by atoms with Gasteiger partial charge in [0.05, 0.1) is 4.90 Å². The second-order valence-corrected chi connectivity index (χ2v) is 7.88. The lowest BCUT2D eigenvalue weighted by Gasteiger charge is -2.21. The molecule has 1 aliphatic carbocycles. The summed E-state index contributed by atoms with van der Waals surface area (Å²) < 4.78 is 23.0. The van der Waals surface area contributed by atoms with E-state index in [0.29, 0.717) is 0 Å². The lowest BCUT2D eigenvalue weighted by molar-refractivity contribution is 0.608. The van der Waals surface area contributed by atoms with Crippen molar-refractivity contribution in [2.75, 3.05) is 0 Å². The van der Waals surface area contributed by atoms with Gasteiger partial charge in [-0.3, -0.25) is 0 Å². The van der Waals surface area contributed by atoms with E-state index in [1.54, 1.807) is 12.1 Å². The number of rotatable bonds is 1. The summed E-state index contributed by atoms with van der Waals surface area (Å²) in [6.07, 6.45) is 0. The molecule has 0 unspecified atom stereocenters. The molecule has 4 heteroatoms. The Morgan fingerprint density at radius 2 is 1.58 bits per heavy atom. The molecule has 0 radical (unpaired) electrons. The molecule has 0 saturated carbocycles. The largest absolute Gasteiger partial charge is 0.261 e. The molecule has 0 amide bonds. The first-order valence-corrected chi connectivity index (χ1v) is 8.32. The van der Waals surface area contributed by atoms with Crippen LogP contribution in [0.1, 0.15) is 25.0 Å². The number of benzene rings is 2. The van der Waals surface area contributed by atoms with E-state index >= 15 is 0 Å². The van der Waals surface area contributed by atoms with E-state index in [1.165, 1.54) is 11.1 Å². The van der Waals surface area contributed by atoms with Gasteiger partial charge >= 0.3 is 0 Å². The maximum Gasteiger partial charge on any atom is 0.261 e. The Bertz CT molecular complexity index is 776. The number of fused-ring (bicyclic) bond motifs is 3. The van der Waals surface area contributed by atoms with Crippen molar-refractivity contribution >= 4 is 19.7 Å². The fourth-order valence-corrected chi connectivity index (χ4v) is 3.61. The molecule has 0 spiro atoms. The molecular weight excluding hydrogens is 280 g/mol. The summed E-state index contributed by atoms with van der Waals surface area (Å²) in [5.41, 5.74) is 4.28. The quantitative estimate of drug-likeness (QED) is 0.747. The van der Waals surface area contributed by atoms with Crippen LogP contribution in [-0.4, -0.2) is 8.42 Å². The van der Waals surface area contributed by atoms with Gasteiger partial charge in [0.1, 0.15) is 0 Å². The van der Waals surface area contributed by atoms with Crippen LogP contribution in [0.5, 0.6) is 0 Å². The van der Waals surface area contributed by atoms with E-state index in [0.717, 1.165) is 11.1 Å². The predicted octanol–water partition coefficient (Wildman–Crippen LogP) is 3.92. The molecule has 0 aliphatic heterocycles. The summed E-state index contributed by atoms with van der Waals surface area (Å²) >= 11 is 0. The summed E-state index contributed by atoms with van der Waals surface area (Å²) in [7, 11) is 1.75. The highest BCUT2D eigenvalue weighted by Gasteiger charge is 2.35. The lowest BCUT2D eigenvalue weighted by atomic mass is 9.82. The standard InChI is InChI=1S/C15H13ClO2S/c1-15(2)13-6-4-3-5-11(13)12-8-7-10(9-14(12)15)19(16,17)18/h3-9H,1-2H3. The zero-order valence-corrected chi connectivity index (χ0v) is 12.2. The Balaban J connectivity index is 2.33. The van der Waals surface area contributed by atoms with Crippen LogP contribution < -0.4 is 0 Å². The van der Waals surface area contributed by atoms with Crippen LogP contribution in [0.25, 0.3) is 11.1 Å². The van der Waals surface area contributed by atoms with Crippen molar-refractivity contribution in [3.63, 3.8) is 0 Å². The molecule has 0 saturated heterocycles. The van der Waals surface area contributed by atoms with E-state index in [-0.39, 0.29) is 10.3 Å². The Hall–Kier alpha value is -1.32. The molecule has 3 rings (SSSR count). The lowest BCUT2D eigenvalue weighted by Crippen LogP contribution is -2.15. The van der Waals surface area contributed by atoms with Crippen molar-refractivity contribution in [3.05, 3.63) is 53.6 Å². The zero-order valence-electron chi connectivity index (χ0n) is 10.6. The van der Waals surface area contributed by atoms with Crippen LogP contribution in [0.2, 0.25) is 0 Å². The third-order valence-corrected chi connectivity index (χ3v) is 5.19. The summed E-state index contributed by atoms with van der Waals surface area (Å²) in [6, 6.07) is 13.3. The Morgan fingerprint density at radius 3 is 2.26 bits per heavy atom. The molecule has 0 aromatic heterocycles. The van der Waals surface area contributed by atoms with E-state index in [2.05, 4.69) is 26.0 Å². The molecule has 0 bridgehead atoms. The van der Waals surface area contributed by atoms with Gasteiger partial charge in [-0.1, -0.05) is 44.2 Å². The van der Waals surface area contributed by atoms with Crippen molar-refractivity contribution in [3.8, 4) is 11.1 Å². The fraction of sp³-hybridized carbons (Fsp3) is 0.200. The van der Waals surface area contributed by atoms with E-state index in [4.69, 9.17) is 10.7 Å². The van der Waals surface area contributed by atoms with Crippen molar-refractivity contribution < 1.29 is 8.42 Å². The second kappa shape index (κ2) is 3.84. The highest BCUT2D eigenvalue weighted by Crippen LogP contribution is 2.49. The van der Waals surface area contributed by atoms with E-state index < -0.39 is 9.05 Å². The van der Waals surface area contributed by atoms with Gasteiger partial charge in [-0.15, -0.1) is 0 Å². The van der Waals surface area contributed by atoms with Gasteiger partial charge in [0.15, 0.2) is 0 Å². The van der Waals surface area contributed by atoms with Gasteiger partial charge in [0, 0.05) is 16.1 Å². The van der Waals surface area contributed by atoms with Gasteiger partial charge in [-0.2, -0.15) is 0 Å². The number of hydrogen-bond acceptors (Lipinski definition) is 2. The molecule has 0 heterocycles. The van der Waals surface area contributed by atoms with Crippen LogP contribution in [0, 0.1) is 0 Å². The Kier molecular flexibility index (Phi) is 2.57. The van der Waals surface area contributed by atoms with Gasteiger partial charge in [0.25, 0.3) is 9.05 Å². The van der Waals surface area contributed by atoms with Crippen LogP contribution >= 0.6 is 10.7 Å². The molecular formula is C15H13ClO2S. The summed E-state index contributed by atoms with van der Waals surface area (Å²) in [6.45, 7) is 4.20. The molecule has 2 aromatic rings. The molecule has 2 aromatic carbocycles. The third-order valence-electron chi connectivity index (χ3n) is 3.84. The first-order chi connectivity index (χ1) is 8.82. The number of halogens is 1. The minimum Gasteiger partial charge on any atom is -0.207 e. The van der Waals surface area contributed by atoms with Crippen molar-refractivity contribution in [2.24, 2.45) is 0 Å². The van der Waals surface area contributed by atoms with Crippen molar-refractivity contribution in [2.45, 2.75) is 24.2 Å². The van der Waals surface area contributed by atoms with E-state index in [1.807, 2.05) is 18.2 Å². The van der Waals surface area contributed by atoms with Crippen LogP contribution in [0.15, 0.2) is 47.4 Å². The minimum atomic E-state index is -3.69. The summed E-state index contributed by atoms with van der Waals surface area (Å²) in [4.78, 5) is 0.161. The third kappa shape index (κ3) is 1.80. The topological polar surface area (TPSA) is 34.1 Å². The molecule has 2 nitrogen and oxygen atoms in total. The minimum absolute atomic E-state index is 0.161. The average Bonchev–Trinajstić information content (AvgIpc) is 2.58. The van der Waals surface area contributed by atoms with Gasteiger partial charge in [0.2, 0.25) is 0 Å². The van der Waals surface area contributed by atoms with Crippen molar-refractivity contribution in [1.29, 1.82) is 0 Å². The fourth-order valence-electron chi connectivity index (χ4n) is 2.84. The highest BCUT2D eigenvalue weighted by molar-refractivity contribution is 8.13. The van der Waals surface area contributed by atoms with Crippen LogP contribution in [0.4, 0.5) is 0 Å². The summed E-state index contributed by atoms with van der Waals surface area (Å²) in [5.74, 6) is 0. The average molecular weight is 293 g/mol. The SMILES string of the molecule is CC1(C)c2ccccc2-c2ccc(S(=O)(=O)Cl)cc21. The molecule has 0 N–H and O–H groups in total. The maximum absolute atomic E-state index is 11.5. The highest BCUT2D eigenvalue weighted by atomic mass is 35.7. The van der Waals surface area contributed by atoms with Crippen LogP contribution in [-0.2, 0) is 14.5 Å². The first kappa shape index (κ1) is 12.7. The van der Waals surface area contributed by atoms with Gasteiger partial charge < -0.3 is 0 Å². The Morgan fingerprint density at radius 1 is 0.947 bits per heavy atom. The molecule has 1 aliphatic rings. The monoisotopic (exact) mass is 292 g/mol. The Labute approximate surface area is 117 Å². The smallest absolute Gasteiger partial charge is 0.207 e. The maximum atomic E-state index is 11.5. The van der Waals surface area contributed by atoms with Crippen molar-refractivity contribution in [1.82, 2.24) is 0 Å². The normalized spacial score (nSPS) is 15.9. The predicted molar refractivity (Wildman–Crippen MR) is 77.0 cm³/mol. The molecule has 98 valence electrons. The van der Waals surface area contributed by atoms with Crippen LogP contribution in [0.3, 0.4) is 0 Å². The first-order valence-electron chi connectivity index (χ1n) is 6.01.